The topological polar surface area (TPSA) is 16.1 Å². The summed E-state index contributed by atoms with van der Waals surface area (Å²) in [5.41, 5.74) is 15.3. The molecule has 0 radical (unpaired) electrons. The van der Waals surface area contributed by atoms with Crippen LogP contribution in [0.4, 0.5) is 5.69 Å². The van der Waals surface area contributed by atoms with Gasteiger partial charge in [0.05, 0.1) is 0 Å². The Bertz CT molecular complexity index is 1820. The van der Waals surface area contributed by atoms with Crippen molar-refractivity contribution in [2.24, 2.45) is 5.92 Å². The van der Waals surface area contributed by atoms with Crippen molar-refractivity contribution in [3.8, 4) is 33.4 Å². The van der Waals surface area contributed by atoms with Gasteiger partial charge < -0.3 is 4.81 Å². The molecule has 8 rings (SSSR count). The maximum absolute atomic E-state index is 4.62. The molecule has 184 valence electrons. The molecule has 5 aromatic rings. The van der Waals surface area contributed by atoms with E-state index in [0.717, 1.165) is 17.5 Å². The summed E-state index contributed by atoms with van der Waals surface area (Å²) in [6.45, 7) is 2.48. The van der Waals surface area contributed by atoms with Gasteiger partial charge in [0.1, 0.15) is 0 Å². The maximum Gasteiger partial charge on any atom is 0.329 e. The van der Waals surface area contributed by atoms with Gasteiger partial charge in [0.25, 0.3) is 0 Å². The Morgan fingerprint density at radius 1 is 0.667 bits per heavy atom. The molecule has 3 aliphatic rings. The number of hydrogen-bond acceptors (Lipinski definition) is 2. The van der Waals surface area contributed by atoms with Gasteiger partial charge in [-0.05, 0) is 69.3 Å². The predicted octanol–water partition coefficient (Wildman–Crippen LogP) is 7.33. The van der Waals surface area contributed by atoms with Gasteiger partial charge in [-0.3, -0.25) is 4.98 Å². The lowest BCUT2D eigenvalue weighted by Gasteiger charge is -2.46. The highest BCUT2D eigenvalue weighted by molar-refractivity contribution is 6.91. The zero-order valence-electron chi connectivity index (χ0n) is 21.9. The molecule has 0 bridgehead atoms. The summed E-state index contributed by atoms with van der Waals surface area (Å²) in [4.78, 5) is 7.22. The van der Waals surface area contributed by atoms with Gasteiger partial charge in [0.2, 0.25) is 0 Å². The Labute approximate surface area is 230 Å². The fourth-order valence-corrected chi connectivity index (χ4v) is 6.64. The molecular weight excluding hydrogens is 471 g/mol. The molecule has 0 fully saturated rings. The summed E-state index contributed by atoms with van der Waals surface area (Å²) in [5, 5.41) is 0. The van der Waals surface area contributed by atoms with E-state index >= 15 is 0 Å². The maximum atomic E-state index is 4.62. The van der Waals surface area contributed by atoms with Gasteiger partial charge >= 0.3 is 6.85 Å². The number of benzene rings is 4. The molecule has 0 spiro atoms. The molecule has 1 atom stereocenters. The van der Waals surface area contributed by atoms with E-state index in [2.05, 4.69) is 132 Å². The number of rotatable bonds is 2. The predicted molar refractivity (Wildman–Crippen MR) is 164 cm³/mol. The van der Waals surface area contributed by atoms with Gasteiger partial charge in [-0.15, -0.1) is 0 Å². The molecule has 0 N–H and O–H groups in total. The van der Waals surface area contributed by atoms with Gasteiger partial charge in [-0.2, -0.15) is 0 Å². The molecule has 1 aliphatic carbocycles. The van der Waals surface area contributed by atoms with Gasteiger partial charge in [-0.25, -0.2) is 0 Å². The average molecular weight is 498 g/mol. The van der Waals surface area contributed by atoms with E-state index in [1.165, 1.54) is 55.7 Å². The highest BCUT2D eigenvalue weighted by Crippen LogP contribution is 2.46. The first-order valence-electron chi connectivity index (χ1n) is 13.8. The van der Waals surface area contributed by atoms with Crippen LogP contribution in [-0.2, 0) is 0 Å². The number of hydrogen-bond donors (Lipinski definition) is 0. The summed E-state index contributed by atoms with van der Waals surface area (Å²) in [5.74, 6) is 0.539. The van der Waals surface area contributed by atoms with Crippen LogP contribution in [0.3, 0.4) is 0 Å². The van der Waals surface area contributed by atoms with Crippen molar-refractivity contribution in [3.63, 3.8) is 0 Å². The fraction of sp³-hybridized carbons (Fsp3) is 0.0833. The summed E-state index contributed by atoms with van der Waals surface area (Å²) in [7, 11) is 0. The number of aromatic nitrogens is 1. The molecule has 1 aromatic heterocycles. The van der Waals surface area contributed by atoms with Gasteiger partial charge in [-0.1, -0.05) is 104 Å². The SMILES string of the molecule is CC1C=C2C(=CC1)N1B(c3ccccc32)c2ccccc2-c2cc(-c3cncc(-c4ccccc4)c3)ccc21. The Morgan fingerprint density at radius 2 is 1.36 bits per heavy atom. The number of allylic oxidation sites excluding steroid dienone is 3. The molecule has 0 saturated carbocycles. The van der Waals surface area contributed by atoms with Crippen LogP contribution in [0, 0.1) is 5.92 Å². The zero-order valence-corrected chi connectivity index (χ0v) is 21.9. The van der Waals surface area contributed by atoms with Crippen LogP contribution in [0.1, 0.15) is 18.9 Å². The second kappa shape index (κ2) is 8.71. The summed E-state index contributed by atoms with van der Waals surface area (Å²) in [6.07, 6.45) is 9.93. The van der Waals surface area contributed by atoms with Crippen molar-refractivity contribution in [1.29, 1.82) is 0 Å². The molecule has 39 heavy (non-hydrogen) atoms. The molecule has 3 heteroatoms. The van der Waals surface area contributed by atoms with Crippen LogP contribution in [-0.4, -0.2) is 11.8 Å². The summed E-state index contributed by atoms with van der Waals surface area (Å²) >= 11 is 0. The number of fused-ring (bicyclic) bond motifs is 11. The van der Waals surface area contributed by atoms with Crippen molar-refractivity contribution in [2.75, 3.05) is 4.81 Å². The third kappa shape index (κ3) is 3.46. The minimum Gasteiger partial charge on any atom is -0.376 e. The molecule has 4 aromatic carbocycles. The third-order valence-electron chi connectivity index (χ3n) is 8.45. The second-order valence-electron chi connectivity index (χ2n) is 10.9. The highest BCUT2D eigenvalue weighted by Gasteiger charge is 2.43. The van der Waals surface area contributed by atoms with Crippen LogP contribution in [0.15, 0.2) is 133 Å². The molecule has 0 saturated heterocycles. The molecule has 1 unspecified atom stereocenters. The zero-order chi connectivity index (χ0) is 25.9. The minimum absolute atomic E-state index is 0.163. The van der Waals surface area contributed by atoms with Crippen LogP contribution in [0.2, 0.25) is 0 Å². The minimum atomic E-state index is 0.163. The van der Waals surface area contributed by atoms with E-state index in [1.807, 2.05) is 12.4 Å². The highest BCUT2D eigenvalue weighted by atomic mass is 15.1. The van der Waals surface area contributed by atoms with Crippen LogP contribution in [0.5, 0.6) is 0 Å². The van der Waals surface area contributed by atoms with E-state index in [0.29, 0.717) is 5.92 Å². The lowest BCUT2D eigenvalue weighted by molar-refractivity contribution is 0.733. The van der Waals surface area contributed by atoms with Crippen LogP contribution >= 0.6 is 0 Å². The molecule has 2 aliphatic heterocycles. The monoisotopic (exact) mass is 498 g/mol. The molecular formula is C36H27BN2. The first-order chi connectivity index (χ1) is 19.3. The van der Waals surface area contributed by atoms with Crippen LogP contribution in [0.25, 0.3) is 39.0 Å². The number of pyridine rings is 1. The average Bonchev–Trinajstić information content (AvgIpc) is 3.01. The lowest BCUT2D eigenvalue weighted by atomic mass is 9.42. The van der Waals surface area contributed by atoms with E-state index in [9.17, 15) is 0 Å². The molecule has 3 heterocycles. The second-order valence-corrected chi connectivity index (χ2v) is 10.9. The van der Waals surface area contributed by atoms with Crippen LogP contribution < -0.4 is 15.7 Å². The summed E-state index contributed by atoms with van der Waals surface area (Å²) < 4.78 is 0. The first kappa shape index (κ1) is 22.4. The van der Waals surface area contributed by atoms with Crippen molar-refractivity contribution in [2.45, 2.75) is 13.3 Å². The summed E-state index contributed by atoms with van der Waals surface area (Å²) in [6, 6.07) is 37.7. The van der Waals surface area contributed by atoms with E-state index in [1.54, 1.807) is 0 Å². The van der Waals surface area contributed by atoms with Crippen molar-refractivity contribution in [3.05, 3.63) is 139 Å². The van der Waals surface area contributed by atoms with Crippen molar-refractivity contribution >= 4 is 29.0 Å². The Kier molecular flexibility index (Phi) is 5.00. The number of anilines is 1. The molecule has 2 nitrogen and oxygen atoms in total. The van der Waals surface area contributed by atoms with Crippen molar-refractivity contribution in [1.82, 2.24) is 4.98 Å². The standard InChI is InChI=1S/C36H27BN2/c1-24-15-17-35-31(19-24)29-11-5-7-13-33(29)37-34-14-8-6-12-30(34)32-21-26(16-18-36(32)39(35)37)28-20-27(22-38-23-28)25-9-3-2-4-10-25/h2-14,16-24H,15H2,1H3. The third-order valence-corrected chi connectivity index (χ3v) is 8.45. The largest absolute Gasteiger partial charge is 0.376 e. The first-order valence-corrected chi connectivity index (χ1v) is 13.8. The Balaban J connectivity index is 1.33. The smallest absolute Gasteiger partial charge is 0.329 e. The lowest BCUT2D eigenvalue weighted by Crippen LogP contribution is -2.62. The Morgan fingerprint density at radius 3 is 2.18 bits per heavy atom. The van der Waals surface area contributed by atoms with Crippen molar-refractivity contribution < 1.29 is 0 Å². The fourth-order valence-electron chi connectivity index (χ4n) is 6.64. The van der Waals surface area contributed by atoms with E-state index in [4.69, 9.17) is 0 Å². The normalized spacial score (nSPS) is 16.7. The van der Waals surface area contributed by atoms with E-state index < -0.39 is 0 Å². The Hall–Kier alpha value is -4.63. The van der Waals surface area contributed by atoms with Gasteiger partial charge in [0.15, 0.2) is 0 Å². The quantitative estimate of drug-likeness (QED) is 0.237. The molecule has 0 amide bonds. The number of nitrogens with zero attached hydrogens (tertiary/aromatic N) is 2. The van der Waals surface area contributed by atoms with E-state index in [-0.39, 0.29) is 6.85 Å². The van der Waals surface area contributed by atoms with Gasteiger partial charge in [0, 0.05) is 40.5 Å².